The van der Waals surface area contributed by atoms with E-state index in [9.17, 15) is 9.59 Å². The van der Waals surface area contributed by atoms with Gasteiger partial charge in [-0.1, -0.05) is 66.7 Å². The van der Waals surface area contributed by atoms with Gasteiger partial charge in [0.15, 0.2) is 23.9 Å². The van der Waals surface area contributed by atoms with Crippen LogP contribution in [0.15, 0.2) is 120 Å². The Kier molecular flexibility index (Phi) is 8.84. The van der Waals surface area contributed by atoms with Crippen LogP contribution in [0.5, 0.6) is 11.5 Å². The number of rotatable bonds is 11. The van der Waals surface area contributed by atoms with Gasteiger partial charge in [0.25, 0.3) is 11.5 Å². The molecule has 4 aromatic carbocycles. The van der Waals surface area contributed by atoms with Crippen molar-refractivity contribution in [3.8, 4) is 22.9 Å². The van der Waals surface area contributed by atoms with Crippen LogP contribution in [0.25, 0.3) is 22.3 Å². The molecule has 5 aromatic rings. The molecule has 0 aliphatic carbocycles. The van der Waals surface area contributed by atoms with E-state index in [2.05, 4.69) is 17.0 Å². The molecule has 1 amide bonds. The Bertz CT molecular complexity index is 1800. The van der Waals surface area contributed by atoms with Gasteiger partial charge in [0, 0.05) is 16.8 Å². The molecule has 1 aromatic heterocycles. The largest absolute Gasteiger partial charge is 0.490 e. The van der Waals surface area contributed by atoms with E-state index in [1.165, 1.54) is 4.68 Å². The lowest BCUT2D eigenvalue weighted by Gasteiger charge is -2.16. The van der Waals surface area contributed by atoms with Crippen LogP contribution >= 0.6 is 0 Å². The molecular weight excluding hydrogens is 528 g/mol. The Morgan fingerprint density at radius 3 is 2.43 bits per heavy atom. The fraction of sp³-hybridized carbons (Fsp3) is 0.118. The molecule has 0 bridgehead atoms. The van der Waals surface area contributed by atoms with Gasteiger partial charge in [0.05, 0.1) is 23.7 Å². The second-order valence-corrected chi connectivity index (χ2v) is 9.32. The zero-order valence-electron chi connectivity index (χ0n) is 23.2. The molecule has 0 saturated carbocycles. The van der Waals surface area contributed by atoms with Crippen LogP contribution < -0.4 is 20.3 Å². The number of carbonyl (C=O) groups is 1. The summed E-state index contributed by atoms with van der Waals surface area (Å²) < 4.78 is 13.2. The fourth-order valence-electron chi connectivity index (χ4n) is 4.48. The third-order valence-electron chi connectivity index (χ3n) is 6.33. The van der Waals surface area contributed by atoms with Crippen molar-refractivity contribution in [2.45, 2.75) is 13.3 Å². The Hall–Kier alpha value is -5.50. The molecule has 0 unspecified atom stereocenters. The predicted octanol–water partition coefficient (Wildman–Crippen LogP) is 6.09. The molecule has 0 radical (unpaired) electrons. The molecule has 0 fully saturated rings. The van der Waals surface area contributed by atoms with E-state index in [1.54, 1.807) is 42.6 Å². The smallest absolute Gasteiger partial charge is 0.282 e. The number of anilines is 1. The van der Waals surface area contributed by atoms with Crippen LogP contribution in [0.1, 0.15) is 18.1 Å². The molecule has 8 heteroatoms. The van der Waals surface area contributed by atoms with Crippen molar-refractivity contribution < 1.29 is 14.3 Å². The summed E-state index contributed by atoms with van der Waals surface area (Å²) in [6, 6.07) is 29.5. The highest BCUT2D eigenvalue weighted by Crippen LogP contribution is 2.34. The summed E-state index contributed by atoms with van der Waals surface area (Å²) >= 11 is 0. The number of hydrogen-bond acceptors (Lipinski definition) is 6. The van der Waals surface area contributed by atoms with Gasteiger partial charge in [-0.2, -0.15) is 9.78 Å². The number of carbonyl (C=O) groups excluding carboxylic acids is 1. The predicted molar refractivity (Wildman–Crippen MR) is 167 cm³/mol. The number of ether oxygens (including phenoxy) is 2. The van der Waals surface area contributed by atoms with Crippen molar-refractivity contribution in [3.05, 3.63) is 131 Å². The first kappa shape index (κ1) is 28.0. The van der Waals surface area contributed by atoms with Crippen LogP contribution in [0, 0.1) is 0 Å². The second-order valence-electron chi connectivity index (χ2n) is 9.32. The molecule has 8 nitrogen and oxygen atoms in total. The van der Waals surface area contributed by atoms with E-state index in [4.69, 9.17) is 14.5 Å². The standard InChI is InChI=1S/C34H30N4O4/c1-3-13-26-20-24(21-30(41-4-2)32(26)42-23-31(39)36-27-16-9-6-10-17-27)22-35-38-33(25-14-7-5-8-15-25)37-29-19-12-11-18-28(29)34(38)40/h3,5-12,14-22H,1,4,13,23H2,2H3,(H,36,39). The minimum atomic E-state index is -0.296. The first-order valence-corrected chi connectivity index (χ1v) is 13.6. The number of allylic oxidation sites excluding steroid dienone is 1. The lowest BCUT2D eigenvalue weighted by atomic mass is 10.1. The zero-order valence-corrected chi connectivity index (χ0v) is 23.2. The van der Waals surface area contributed by atoms with Crippen molar-refractivity contribution in [2.24, 2.45) is 5.10 Å². The lowest BCUT2D eigenvalue weighted by molar-refractivity contribution is -0.118. The number of fused-ring (bicyclic) bond motifs is 1. The highest BCUT2D eigenvalue weighted by atomic mass is 16.5. The highest BCUT2D eigenvalue weighted by molar-refractivity contribution is 5.92. The van der Waals surface area contributed by atoms with E-state index < -0.39 is 0 Å². The molecule has 5 rings (SSSR count). The summed E-state index contributed by atoms with van der Waals surface area (Å²) in [6.07, 6.45) is 3.80. The van der Waals surface area contributed by atoms with E-state index in [1.807, 2.05) is 73.7 Å². The lowest BCUT2D eigenvalue weighted by Crippen LogP contribution is -2.21. The Balaban J connectivity index is 1.50. The number of nitrogens with one attached hydrogen (secondary N) is 1. The Morgan fingerprint density at radius 1 is 0.976 bits per heavy atom. The molecule has 210 valence electrons. The monoisotopic (exact) mass is 558 g/mol. The molecule has 0 aliphatic rings. The Labute approximate surface area is 243 Å². The molecular formula is C34H30N4O4. The van der Waals surface area contributed by atoms with E-state index in [0.29, 0.717) is 52.5 Å². The van der Waals surface area contributed by atoms with Crippen molar-refractivity contribution in [1.82, 2.24) is 9.66 Å². The molecule has 1 N–H and O–H groups in total. The molecule has 1 heterocycles. The summed E-state index contributed by atoms with van der Waals surface area (Å²) in [5.74, 6) is 1.04. The number of amides is 1. The first-order valence-electron chi connectivity index (χ1n) is 13.6. The minimum absolute atomic E-state index is 0.203. The molecule has 0 aliphatic heterocycles. The summed E-state index contributed by atoms with van der Waals surface area (Å²) in [6.45, 7) is 5.92. The van der Waals surface area contributed by atoms with Gasteiger partial charge in [-0.25, -0.2) is 4.98 Å². The van der Waals surface area contributed by atoms with Crippen LogP contribution in [-0.4, -0.2) is 35.0 Å². The number of aromatic nitrogens is 2. The number of benzene rings is 4. The normalized spacial score (nSPS) is 11.0. The first-order chi connectivity index (χ1) is 20.6. The number of para-hydroxylation sites is 2. The maximum Gasteiger partial charge on any atom is 0.282 e. The van der Waals surface area contributed by atoms with Gasteiger partial charge in [0.1, 0.15) is 0 Å². The van der Waals surface area contributed by atoms with Gasteiger partial charge in [0.2, 0.25) is 0 Å². The summed E-state index contributed by atoms with van der Waals surface area (Å²) in [4.78, 5) is 30.8. The van der Waals surface area contributed by atoms with Gasteiger partial charge >= 0.3 is 0 Å². The molecule has 0 spiro atoms. The van der Waals surface area contributed by atoms with Crippen molar-refractivity contribution in [3.63, 3.8) is 0 Å². The second kappa shape index (κ2) is 13.2. The minimum Gasteiger partial charge on any atom is -0.490 e. The van der Waals surface area contributed by atoms with Crippen LogP contribution in [0.2, 0.25) is 0 Å². The van der Waals surface area contributed by atoms with Crippen LogP contribution in [-0.2, 0) is 11.2 Å². The Morgan fingerprint density at radius 2 is 1.69 bits per heavy atom. The summed E-state index contributed by atoms with van der Waals surface area (Å²) in [5, 5.41) is 7.87. The maximum atomic E-state index is 13.5. The third-order valence-corrected chi connectivity index (χ3v) is 6.33. The average molecular weight is 559 g/mol. The van der Waals surface area contributed by atoms with Crippen molar-refractivity contribution >= 4 is 28.7 Å². The zero-order chi connectivity index (χ0) is 29.3. The van der Waals surface area contributed by atoms with E-state index in [-0.39, 0.29) is 18.1 Å². The molecule has 42 heavy (non-hydrogen) atoms. The maximum absolute atomic E-state index is 13.5. The van der Waals surface area contributed by atoms with Gasteiger partial charge in [-0.05, 0) is 55.3 Å². The highest BCUT2D eigenvalue weighted by Gasteiger charge is 2.16. The topological polar surface area (TPSA) is 94.8 Å². The van der Waals surface area contributed by atoms with Gasteiger partial charge in [-0.15, -0.1) is 6.58 Å². The van der Waals surface area contributed by atoms with Crippen molar-refractivity contribution in [1.29, 1.82) is 0 Å². The summed E-state index contributed by atoms with van der Waals surface area (Å²) in [7, 11) is 0. The van der Waals surface area contributed by atoms with Gasteiger partial charge in [-0.3, -0.25) is 9.59 Å². The quantitative estimate of drug-likeness (QED) is 0.156. The molecule has 0 atom stereocenters. The van der Waals surface area contributed by atoms with E-state index in [0.717, 1.165) is 11.1 Å². The number of nitrogens with zero attached hydrogens (tertiary/aromatic N) is 3. The van der Waals surface area contributed by atoms with E-state index >= 15 is 0 Å². The fourth-order valence-corrected chi connectivity index (χ4v) is 4.48. The SMILES string of the molecule is C=CCc1cc(C=Nn2c(-c3ccccc3)nc3ccccc3c2=O)cc(OCC)c1OCC(=O)Nc1ccccc1. The average Bonchev–Trinajstić information content (AvgIpc) is 3.01. The van der Waals surface area contributed by atoms with Crippen LogP contribution in [0.3, 0.4) is 0 Å². The van der Waals surface area contributed by atoms with Gasteiger partial charge < -0.3 is 14.8 Å². The van der Waals surface area contributed by atoms with Crippen molar-refractivity contribution in [2.75, 3.05) is 18.5 Å². The number of hydrogen-bond donors (Lipinski definition) is 1. The third kappa shape index (κ3) is 6.45. The molecule has 0 saturated heterocycles. The summed E-state index contributed by atoms with van der Waals surface area (Å²) in [5.41, 5.74) is 3.20. The van der Waals surface area contributed by atoms with Crippen LogP contribution in [0.4, 0.5) is 5.69 Å².